The molecule has 0 unspecified atom stereocenters. The predicted molar refractivity (Wildman–Crippen MR) is 83.2 cm³/mol. The largest absolute Gasteiger partial charge is 0.494 e. The smallest absolute Gasteiger partial charge is 0.235 e. The molecule has 0 fully saturated rings. The number of anilines is 1. The van der Waals surface area contributed by atoms with Crippen molar-refractivity contribution < 1.29 is 4.74 Å². The summed E-state index contributed by atoms with van der Waals surface area (Å²) in [4.78, 5) is 12.7. The minimum Gasteiger partial charge on any atom is -0.494 e. The summed E-state index contributed by atoms with van der Waals surface area (Å²) in [6, 6.07) is 0. The zero-order valence-electron chi connectivity index (χ0n) is 12.5. The van der Waals surface area contributed by atoms with E-state index in [0.29, 0.717) is 24.9 Å². The number of rotatable bonds is 5. The van der Waals surface area contributed by atoms with Gasteiger partial charge in [-0.2, -0.15) is 14.8 Å². The maximum Gasteiger partial charge on any atom is 0.235 e. The highest BCUT2D eigenvalue weighted by Gasteiger charge is 2.18. The monoisotopic (exact) mass is 299 g/mol. The van der Waals surface area contributed by atoms with Gasteiger partial charge in [-0.15, -0.1) is 0 Å². The van der Waals surface area contributed by atoms with Crippen LogP contribution in [0.15, 0.2) is 25.3 Å². The lowest BCUT2D eigenvalue weighted by molar-refractivity contribution is 0.299. The van der Waals surface area contributed by atoms with Crippen LogP contribution in [0.3, 0.4) is 0 Å². The van der Waals surface area contributed by atoms with Gasteiger partial charge in [0.15, 0.2) is 0 Å². The van der Waals surface area contributed by atoms with E-state index in [1.54, 1.807) is 12.4 Å². The van der Waals surface area contributed by atoms with Crippen molar-refractivity contribution in [3.05, 3.63) is 30.9 Å². The van der Waals surface area contributed by atoms with Gasteiger partial charge in [0.1, 0.15) is 17.6 Å². The summed E-state index contributed by atoms with van der Waals surface area (Å²) in [5.41, 5.74) is 8.26. The van der Waals surface area contributed by atoms with Gasteiger partial charge < -0.3 is 15.0 Å². The van der Waals surface area contributed by atoms with Crippen molar-refractivity contribution in [1.82, 2.24) is 29.3 Å². The Morgan fingerprint density at radius 3 is 2.82 bits per heavy atom. The fourth-order valence-corrected chi connectivity index (χ4v) is 2.40. The number of nitrogens with two attached hydrogens (primary N) is 1. The fourth-order valence-electron chi connectivity index (χ4n) is 2.40. The highest BCUT2D eigenvalue weighted by atomic mass is 16.5. The predicted octanol–water partition coefficient (Wildman–Crippen LogP) is 1.62. The SMILES string of the molecule is C=C(OCC)c1cncc2nc(-n3ncnc3N)n(CC)c12. The molecular formula is C14H17N7O. The van der Waals surface area contributed by atoms with Gasteiger partial charge in [0.2, 0.25) is 11.9 Å². The molecular weight excluding hydrogens is 282 g/mol. The number of aromatic nitrogens is 6. The minimum atomic E-state index is 0.281. The zero-order valence-corrected chi connectivity index (χ0v) is 12.5. The van der Waals surface area contributed by atoms with Gasteiger partial charge >= 0.3 is 0 Å². The van der Waals surface area contributed by atoms with E-state index in [1.165, 1.54) is 11.0 Å². The minimum absolute atomic E-state index is 0.281. The molecule has 8 heteroatoms. The third-order valence-corrected chi connectivity index (χ3v) is 3.33. The summed E-state index contributed by atoms with van der Waals surface area (Å²) in [7, 11) is 0. The molecule has 2 N–H and O–H groups in total. The molecule has 0 saturated heterocycles. The van der Waals surface area contributed by atoms with Crippen LogP contribution in [0.2, 0.25) is 0 Å². The zero-order chi connectivity index (χ0) is 15.7. The molecule has 8 nitrogen and oxygen atoms in total. The van der Waals surface area contributed by atoms with Gasteiger partial charge in [-0.1, -0.05) is 6.58 Å². The Labute approximate surface area is 127 Å². The lowest BCUT2D eigenvalue weighted by Gasteiger charge is -2.11. The van der Waals surface area contributed by atoms with Crippen molar-refractivity contribution in [2.24, 2.45) is 0 Å². The molecule has 3 aromatic heterocycles. The van der Waals surface area contributed by atoms with Gasteiger partial charge in [-0.3, -0.25) is 4.98 Å². The van der Waals surface area contributed by atoms with Crippen LogP contribution < -0.4 is 5.73 Å². The van der Waals surface area contributed by atoms with Crippen molar-refractivity contribution in [3.63, 3.8) is 0 Å². The Morgan fingerprint density at radius 2 is 2.18 bits per heavy atom. The molecule has 22 heavy (non-hydrogen) atoms. The summed E-state index contributed by atoms with van der Waals surface area (Å²) < 4.78 is 9.01. The maximum atomic E-state index is 5.84. The molecule has 0 bridgehead atoms. The van der Waals surface area contributed by atoms with E-state index in [1.807, 2.05) is 18.4 Å². The summed E-state index contributed by atoms with van der Waals surface area (Å²) in [5.74, 6) is 1.43. The van der Waals surface area contributed by atoms with Crippen molar-refractivity contribution in [3.8, 4) is 5.95 Å². The molecule has 0 spiro atoms. The van der Waals surface area contributed by atoms with Crippen molar-refractivity contribution >= 4 is 22.7 Å². The highest BCUT2D eigenvalue weighted by molar-refractivity contribution is 5.87. The van der Waals surface area contributed by atoms with E-state index in [2.05, 4.69) is 26.6 Å². The normalized spacial score (nSPS) is 11.0. The Bertz CT molecular complexity index is 833. The quantitative estimate of drug-likeness (QED) is 0.719. The molecule has 114 valence electrons. The molecule has 0 aliphatic heterocycles. The highest BCUT2D eigenvalue weighted by Crippen LogP contribution is 2.26. The second-order valence-corrected chi connectivity index (χ2v) is 4.60. The Kier molecular flexibility index (Phi) is 3.50. The Morgan fingerprint density at radius 1 is 1.36 bits per heavy atom. The molecule has 3 heterocycles. The van der Waals surface area contributed by atoms with Crippen molar-refractivity contribution in [2.45, 2.75) is 20.4 Å². The maximum absolute atomic E-state index is 5.84. The van der Waals surface area contributed by atoms with Crippen LogP contribution in [-0.2, 0) is 11.3 Å². The van der Waals surface area contributed by atoms with E-state index in [-0.39, 0.29) is 5.95 Å². The number of fused-ring (bicyclic) bond motifs is 1. The molecule has 0 saturated carbocycles. The van der Waals surface area contributed by atoms with Gasteiger partial charge in [0.25, 0.3) is 0 Å². The standard InChI is InChI=1S/C14H17N7O/c1-4-20-12-10(9(3)22-5-2)6-16-7-11(12)19-14(20)21-13(15)17-8-18-21/h6-8H,3-5H2,1-2H3,(H2,15,17,18). The van der Waals surface area contributed by atoms with E-state index in [9.17, 15) is 0 Å². The van der Waals surface area contributed by atoms with Crippen molar-refractivity contribution in [1.29, 1.82) is 0 Å². The third-order valence-electron chi connectivity index (χ3n) is 3.33. The number of pyridine rings is 1. The van der Waals surface area contributed by atoms with Gasteiger partial charge in [0, 0.05) is 12.7 Å². The molecule has 0 aromatic carbocycles. The summed E-state index contributed by atoms with van der Waals surface area (Å²) in [6.07, 6.45) is 4.82. The topological polar surface area (TPSA) is 96.7 Å². The van der Waals surface area contributed by atoms with E-state index >= 15 is 0 Å². The number of aryl methyl sites for hydroxylation is 1. The van der Waals surface area contributed by atoms with E-state index < -0.39 is 0 Å². The first-order valence-corrected chi connectivity index (χ1v) is 6.99. The summed E-state index contributed by atoms with van der Waals surface area (Å²) in [6.45, 7) is 9.12. The van der Waals surface area contributed by atoms with Gasteiger partial charge in [-0.05, 0) is 13.8 Å². The first-order chi connectivity index (χ1) is 10.7. The van der Waals surface area contributed by atoms with Crippen molar-refractivity contribution in [2.75, 3.05) is 12.3 Å². The first-order valence-electron chi connectivity index (χ1n) is 6.99. The van der Waals surface area contributed by atoms with Gasteiger partial charge in [-0.25, -0.2) is 4.98 Å². The number of hydrogen-bond donors (Lipinski definition) is 1. The van der Waals surface area contributed by atoms with Crippen LogP contribution in [0.1, 0.15) is 19.4 Å². The lowest BCUT2D eigenvalue weighted by atomic mass is 10.2. The van der Waals surface area contributed by atoms with Gasteiger partial charge in [0.05, 0.1) is 23.9 Å². The third kappa shape index (κ3) is 2.09. The molecule has 0 aliphatic carbocycles. The number of nitrogen functional groups attached to an aromatic ring is 1. The molecule has 3 aromatic rings. The van der Waals surface area contributed by atoms with Crippen LogP contribution in [0.4, 0.5) is 5.95 Å². The van der Waals surface area contributed by atoms with Crippen LogP contribution in [0.5, 0.6) is 0 Å². The molecule has 0 aliphatic rings. The Hall–Kier alpha value is -2.90. The second kappa shape index (κ2) is 5.47. The lowest BCUT2D eigenvalue weighted by Crippen LogP contribution is -2.10. The average molecular weight is 299 g/mol. The number of ether oxygens (including phenoxy) is 1. The molecule has 0 atom stereocenters. The molecule has 0 radical (unpaired) electrons. The molecule has 0 amide bonds. The number of hydrogen-bond acceptors (Lipinski definition) is 6. The second-order valence-electron chi connectivity index (χ2n) is 4.60. The van der Waals surface area contributed by atoms with Crippen LogP contribution in [-0.4, -0.2) is 35.9 Å². The summed E-state index contributed by atoms with van der Waals surface area (Å²) >= 11 is 0. The van der Waals surface area contributed by atoms with E-state index in [0.717, 1.165) is 16.6 Å². The van der Waals surface area contributed by atoms with Crippen LogP contribution >= 0.6 is 0 Å². The average Bonchev–Trinajstić information content (AvgIpc) is 3.09. The Balaban J connectivity index is 2.28. The molecule has 3 rings (SSSR count). The van der Waals surface area contributed by atoms with Crippen LogP contribution in [0.25, 0.3) is 22.7 Å². The summed E-state index contributed by atoms with van der Waals surface area (Å²) in [5, 5.41) is 4.12. The number of imidazole rings is 1. The first kappa shape index (κ1) is 14.1. The fraction of sp³-hybridized carbons (Fsp3) is 0.286. The number of nitrogens with zero attached hydrogens (tertiary/aromatic N) is 6. The van der Waals surface area contributed by atoms with Crippen LogP contribution in [0, 0.1) is 0 Å². The van der Waals surface area contributed by atoms with E-state index in [4.69, 9.17) is 10.5 Å².